The molecule has 2 unspecified atom stereocenters. The fraction of sp³-hybridized carbons (Fsp3) is 0.652. The highest BCUT2D eigenvalue weighted by atomic mass is 32.2. The first-order chi connectivity index (χ1) is 15.0. The molecule has 0 heterocycles. The van der Waals surface area contributed by atoms with Crippen LogP contribution >= 0.6 is 0 Å². The number of hydrogen-bond acceptors (Lipinski definition) is 4. The number of sulfonamides is 1. The maximum absolute atomic E-state index is 13.5. The lowest BCUT2D eigenvalue weighted by Crippen LogP contribution is -2.68. The molecular weight excluding hydrogens is 425 g/mol. The van der Waals surface area contributed by atoms with Gasteiger partial charge in [0, 0.05) is 11.5 Å². The van der Waals surface area contributed by atoms with E-state index in [9.17, 15) is 18.0 Å². The predicted octanol–water partition coefficient (Wildman–Crippen LogP) is 0.786. The number of primary amides is 1. The van der Waals surface area contributed by atoms with Crippen LogP contribution < -0.4 is 21.2 Å². The van der Waals surface area contributed by atoms with Crippen LogP contribution in [-0.4, -0.2) is 39.7 Å². The Kier molecular flexibility index (Phi) is 5.02. The molecule has 0 aromatic heterocycles. The van der Waals surface area contributed by atoms with Gasteiger partial charge in [-0.3, -0.25) is 9.59 Å². The van der Waals surface area contributed by atoms with Gasteiger partial charge >= 0.3 is 0 Å². The van der Waals surface area contributed by atoms with Crippen molar-refractivity contribution in [3.8, 4) is 0 Å². The second-order valence-electron chi connectivity index (χ2n) is 10.7. The summed E-state index contributed by atoms with van der Waals surface area (Å²) in [5, 5.41) is 3.22. The van der Waals surface area contributed by atoms with Crippen molar-refractivity contribution in [2.24, 2.45) is 28.9 Å². The third kappa shape index (κ3) is 3.39. The largest absolute Gasteiger partial charge is 0.369 e. The predicted molar refractivity (Wildman–Crippen MR) is 121 cm³/mol. The van der Waals surface area contributed by atoms with Crippen LogP contribution in [0.2, 0.25) is 0 Å². The van der Waals surface area contributed by atoms with E-state index in [1.165, 1.54) is 6.07 Å². The van der Waals surface area contributed by atoms with Crippen LogP contribution in [-0.2, 0) is 19.6 Å². The van der Waals surface area contributed by atoms with Gasteiger partial charge in [0.2, 0.25) is 21.8 Å². The zero-order valence-corrected chi connectivity index (χ0v) is 19.2. The van der Waals surface area contributed by atoms with Crippen LogP contribution in [0.5, 0.6) is 0 Å². The van der Waals surface area contributed by atoms with Crippen LogP contribution in [0.1, 0.15) is 56.9 Å². The Morgan fingerprint density at radius 2 is 1.78 bits per heavy atom. The van der Waals surface area contributed by atoms with E-state index in [0.717, 1.165) is 38.5 Å². The van der Waals surface area contributed by atoms with E-state index >= 15 is 0 Å². The summed E-state index contributed by atoms with van der Waals surface area (Å²) >= 11 is 0. The van der Waals surface area contributed by atoms with Gasteiger partial charge in [-0.15, -0.1) is 0 Å². The second kappa shape index (κ2) is 7.32. The minimum atomic E-state index is -3.88. The van der Waals surface area contributed by atoms with Crippen molar-refractivity contribution in [1.82, 2.24) is 10.0 Å². The topological polar surface area (TPSA) is 118 Å². The van der Waals surface area contributed by atoms with E-state index in [1.807, 2.05) is 0 Å². The molecule has 2 amide bonds. The molecule has 7 nitrogen and oxygen atoms in total. The van der Waals surface area contributed by atoms with Gasteiger partial charge in [-0.1, -0.05) is 17.6 Å². The van der Waals surface area contributed by atoms with Crippen molar-refractivity contribution in [2.75, 3.05) is 0 Å². The van der Waals surface area contributed by atoms with Gasteiger partial charge in [-0.2, -0.15) is 4.72 Å². The molecule has 5 aliphatic rings. The van der Waals surface area contributed by atoms with Crippen LogP contribution in [0.3, 0.4) is 0 Å². The van der Waals surface area contributed by atoms with Crippen molar-refractivity contribution in [3.63, 3.8) is 0 Å². The average Bonchev–Trinajstić information content (AvgIpc) is 2.66. The molecule has 9 heteroatoms. The Balaban J connectivity index is 1.34. The normalized spacial score (nSPS) is 34.7. The minimum absolute atomic E-state index is 0.0215. The highest BCUT2D eigenvalue weighted by molar-refractivity contribution is 7.89. The molecule has 5 fully saturated rings. The van der Waals surface area contributed by atoms with Gasteiger partial charge in [-0.05, 0) is 87.7 Å². The molecule has 4 N–H and O–H groups in total. The third-order valence-corrected chi connectivity index (χ3v) is 10.3. The van der Waals surface area contributed by atoms with Crippen molar-refractivity contribution < 1.29 is 18.0 Å². The highest BCUT2D eigenvalue weighted by Crippen LogP contribution is 2.60. The number of nitrogens with one attached hydrogen (secondary N) is 2. The Labute approximate surface area is 190 Å². The summed E-state index contributed by atoms with van der Waals surface area (Å²) in [6.07, 6.45) is 6.07. The summed E-state index contributed by atoms with van der Waals surface area (Å²) in [5.41, 5.74) is 5.27. The molecule has 170 valence electrons. The quantitative estimate of drug-likeness (QED) is 0.550. The molecule has 2 atom stereocenters. The number of hydrogen-bond donors (Lipinski definition) is 3. The summed E-state index contributed by atoms with van der Waals surface area (Å²) in [5.74, 6) is 0.504. The lowest BCUT2D eigenvalue weighted by atomic mass is 9.47. The lowest BCUT2D eigenvalue weighted by Gasteiger charge is -2.59. The number of rotatable bonds is 6. The number of benzene rings is 1. The van der Waals surface area contributed by atoms with Crippen molar-refractivity contribution in [1.29, 1.82) is 0 Å². The summed E-state index contributed by atoms with van der Waals surface area (Å²) in [4.78, 5) is 25.8. The van der Waals surface area contributed by atoms with Crippen molar-refractivity contribution >= 4 is 35.1 Å². The van der Waals surface area contributed by atoms with E-state index in [2.05, 4.69) is 10.0 Å². The van der Waals surface area contributed by atoms with E-state index in [0.29, 0.717) is 29.8 Å². The summed E-state index contributed by atoms with van der Waals surface area (Å²) in [6, 6.07) is 4.63. The van der Waals surface area contributed by atoms with Crippen LogP contribution in [0.15, 0.2) is 23.1 Å². The van der Waals surface area contributed by atoms with Crippen molar-refractivity contribution in [3.05, 3.63) is 23.8 Å². The Morgan fingerprint density at radius 3 is 2.31 bits per heavy atom. The molecule has 4 bridgehead atoms. The van der Waals surface area contributed by atoms with Crippen LogP contribution in [0, 0.1) is 30.1 Å². The Morgan fingerprint density at radius 1 is 1.12 bits per heavy atom. The average molecular weight is 455 g/mol. The highest BCUT2D eigenvalue weighted by Gasteiger charge is 2.59. The maximum Gasteiger partial charge on any atom is 0.241 e. The lowest BCUT2D eigenvalue weighted by molar-refractivity contribution is -0.149. The van der Waals surface area contributed by atoms with Crippen molar-refractivity contribution in [2.45, 2.75) is 74.8 Å². The first-order valence-electron chi connectivity index (χ1n) is 11.5. The number of carbonyl (C=O) groups excluding carboxylic acids is 2. The molecule has 0 aliphatic heterocycles. The molecule has 5 aliphatic carbocycles. The molecule has 5 saturated carbocycles. The first kappa shape index (κ1) is 22.0. The molecule has 6 rings (SSSR count). The van der Waals surface area contributed by atoms with Crippen LogP contribution in [0.4, 0.5) is 0 Å². The second-order valence-corrected chi connectivity index (χ2v) is 12.3. The molecule has 0 spiro atoms. The van der Waals surface area contributed by atoms with E-state index in [1.54, 1.807) is 19.1 Å². The van der Waals surface area contributed by atoms with Gasteiger partial charge in [0.05, 0.1) is 4.90 Å². The summed E-state index contributed by atoms with van der Waals surface area (Å²) < 4.78 is 29.0. The molecule has 1 aromatic rings. The number of amides is 2. The van der Waals surface area contributed by atoms with E-state index < -0.39 is 21.0 Å². The fourth-order valence-electron chi connectivity index (χ4n) is 7.04. The Hall–Kier alpha value is -1.87. The number of carbonyl (C=O) groups is 2. The molecule has 2 radical (unpaired) electrons. The molecular formula is C23H30BN3O4S. The molecule has 1 aromatic carbocycles. The van der Waals surface area contributed by atoms with Gasteiger partial charge in [0.1, 0.15) is 13.4 Å². The van der Waals surface area contributed by atoms with Gasteiger partial charge in [0.15, 0.2) is 0 Å². The number of aryl methyl sites for hydroxylation is 1. The van der Waals surface area contributed by atoms with Gasteiger partial charge in [0.25, 0.3) is 0 Å². The minimum Gasteiger partial charge on any atom is -0.369 e. The first-order valence-corrected chi connectivity index (χ1v) is 13.0. The standard InChI is InChI=1S/C23H30BN3O4S/c1-13-7-17(24)3-4-18(13)32(30,31)27-23(5-2-6-23)21(29)26-19-15-8-14-9-16(19)12-22(10-14,11-15)20(25)28/h3-4,7,14-16,19,27H,2,5-6,8-12H2,1H3,(H2,25,28)(H,26,29). The zero-order chi connectivity index (χ0) is 22.9. The molecule has 0 saturated heterocycles. The number of nitrogens with two attached hydrogens (primary N) is 1. The van der Waals surface area contributed by atoms with Gasteiger partial charge < -0.3 is 11.1 Å². The van der Waals surface area contributed by atoms with E-state index in [4.69, 9.17) is 13.6 Å². The zero-order valence-electron chi connectivity index (χ0n) is 18.4. The fourth-order valence-corrected chi connectivity index (χ4v) is 8.69. The summed E-state index contributed by atoms with van der Waals surface area (Å²) in [7, 11) is 1.88. The maximum atomic E-state index is 13.5. The Bertz CT molecular complexity index is 1070. The van der Waals surface area contributed by atoms with E-state index in [-0.39, 0.29) is 34.6 Å². The molecule has 32 heavy (non-hydrogen) atoms. The smallest absolute Gasteiger partial charge is 0.241 e. The van der Waals surface area contributed by atoms with Gasteiger partial charge in [-0.25, -0.2) is 8.42 Å². The monoisotopic (exact) mass is 455 g/mol. The summed E-state index contributed by atoms with van der Waals surface area (Å²) in [6.45, 7) is 1.70. The van der Waals surface area contributed by atoms with Crippen LogP contribution in [0.25, 0.3) is 0 Å². The third-order valence-electron chi connectivity index (χ3n) is 8.55. The SMILES string of the molecule is [B]c1ccc(S(=O)(=O)NC2(C(=O)NC3C4CC5CC3CC(C(N)=O)(C5)C4)CCC2)c(C)c1.